The predicted molar refractivity (Wildman–Crippen MR) is 54.0 cm³/mol. The lowest BCUT2D eigenvalue weighted by Gasteiger charge is -2.06. The summed E-state index contributed by atoms with van der Waals surface area (Å²) in [4.78, 5) is 11.8. The van der Waals surface area contributed by atoms with Crippen LogP contribution in [0.15, 0.2) is 6.07 Å². The molecule has 1 aromatic rings. The van der Waals surface area contributed by atoms with Crippen LogP contribution < -0.4 is 0 Å². The highest BCUT2D eigenvalue weighted by Crippen LogP contribution is 2.46. The lowest BCUT2D eigenvalue weighted by molar-refractivity contribution is -0.123. The summed E-state index contributed by atoms with van der Waals surface area (Å²) >= 11 is 0. The van der Waals surface area contributed by atoms with Gasteiger partial charge in [-0.3, -0.25) is 9.48 Å². The monoisotopic (exact) mass is 192 g/mol. The van der Waals surface area contributed by atoms with E-state index in [9.17, 15) is 4.79 Å². The Bertz CT molecular complexity index is 375. The molecule has 0 aliphatic heterocycles. The maximum Gasteiger partial charge on any atom is 0.144 e. The molecular weight excluding hydrogens is 176 g/mol. The van der Waals surface area contributed by atoms with Crippen molar-refractivity contribution in [2.75, 3.05) is 0 Å². The molecule has 14 heavy (non-hydrogen) atoms. The van der Waals surface area contributed by atoms with Gasteiger partial charge in [-0.2, -0.15) is 5.10 Å². The molecule has 1 fully saturated rings. The lowest BCUT2D eigenvalue weighted by Crippen LogP contribution is -2.16. The van der Waals surface area contributed by atoms with Gasteiger partial charge in [-0.05, 0) is 25.8 Å². The third-order valence-electron chi connectivity index (χ3n) is 3.11. The molecule has 1 heterocycles. The molecule has 0 spiro atoms. The van der Waals surface area contributed by atoms with Crippen molar-refractivity contribution < 1.29 is 4.79 Å². The summed E-state index contributed by atoms with van der Waals surface area (Å²) in [7, 11) is 1.89. The number of nitrogens with zero attached hydrogens (tertiary/aromatic N) is 2. The van der Waals surface area contributed by atoms with Crippen molar-refractivity contribution in [3.63, 3.8) is 0 Å². The molecule has 1 saturated carbocycles. The van der Waals surface area contributed by atoms with E-state index in [1.807, 2.05) is 20.0 Å². The van der Waals surface area contributed by atoms with Crippen molar-refractivity contribution in [2.24, 2.45) is 12.5 Å². The van der Waals surface area contributed by atoms with Crippen molar-refractivity contribution in [2.45, 2.75) is 33.1 Å². The number of carbonyl (C=O) groups is 1. The fourth-order valence-electron chi connectivity index (χ4n) is 1.67. The van der Waals surface area contributed by atoms with Gasteiger partial charge in [0.05, 0.1) is 5.69 Å². The Hall–Kier alpha value is -1.12. The van der Waals surface area contributed by atoms with E-state index >= 15 is 0 Å². The standard InChI is InChI=1S/C11H16N2O/c1-8-6-9(13(3)12-8)7-10(14)11(2)4-5-11/h6H,4-5,7H2,1-3H3. The number of Topliss-reactive ketones (excluding diaryl/α,β-unsaturated/α-hetero) is 1. The van der Waals surface area contributed by atoms with Crippen molar-refractivity contribution in [1.82, 2.24) is 9.78 Å². The molecule has 76 valence electrons. The normalized spacial score (nSPS) is 18.2. The summed E-state index contributed by atoms with van der Waals surface area (Å²) in [6, 6.07) is 1.99. The quantitative estimate of drug-likeness (QED) is 0.729. The van der Waals surface area contributed by atoms with Crippen LogP contribution in [-0.2, 0) is 18.3 Å². The Morgan fingerprint density at radius 1 is 1.64 bits per heavy atom. The van der Waals surface area contributed by atoms with E-state index in [2.05, 4.69) is 12.0 Å². The first kappa shape index (κ1) is 9.44. The van der Waals surface area contributed by atoms with Crippen LogP contribution in [0.3, 0.4) is 0 Å². The number of hydrogen-bond acceptors (Lipinski definition) is 2. The molecule has 0 atom stereocenters. The first-order chi connectivity index (χ1) is 6.51. The summed E-state index contributed by atoms with van der Waals surface area (Å²) in [5, 5.41) is 4.23. The van der Waals surface area contributed by atoms with Crippen LogP contribution in [0.25, 0.3) is 0 Å². The molecular formula is C11H16N2O. The lowest BCUT2D eigenvalue weighted by atomic mass is 10.00. The molecule has 3 heteroatoms. The minimum Gasteiger partial charge on any atom is -0.299 e. The van der Waals surface area contributed by atoms with Crippen LogP contribution in [0.1, 0.15) is 31.2 Å². The Balaban J connectivity index is 2.11. The second-order valence-electron chi connectivity index (χ2n) is 4.56. The van der Waals surface area contributed by atoms with Crippen LogP contribution in [0.4, 0.5) is 0 Å². The zero-order valence-electron chi connectivity index (χ0n) is 9.00. The van der Waals surface area contributed by atoms with E-state index in [0.29, 0.717) is 12.2 Å². The first-order valence-corrected chi connectivity index (χ1v) is 5.04. The van der Waals surface area contributed by atoms with Gasteiger partial charge in [-0.15, -0.1) is 0 Å². The topological polar surface area (TPSA) is 34.9 Å². The van der Waals surface area contributed by atoms with Crippen molar-refractivity contribution in [3.8, 4) is 0 Å². The van der Waals surface area contributed by atoms with Gasteiger partial charge in [0.1, 0.15) is 5.78 Å². The second-order valence-corrected chi connectivity index (χ2v) is 4.56. The van der Waals surface area contributed by atoms with Crippen LogP contribution in [0.5, 0.6) is 0 Å². The van der Waals surface area contributed by atoms with Gasteiger partial charge >= 0.3 is 0 Å². The van der Waals surface area contributed by atoms with Gasteiger partial charge in [0, 0.05) is 24.6 Å². The van der Waals surface area contributed by atoms with Gasteiger partial charge in [0.2, 0.25) is 0 Å². The van der Waals surface area contributed by atoms with Crippen molar-refractivity contribution >= 4 is 5.78 Å². The number of carbonyl (C=O) groups excluding carboxylic acids is 1. The van der Waals surface area contributed by atoms with E-state index in [-0.39, 0.29) is 5.41 Å². The number of aryl methyl sites for hydroxylation is 2. The summed E-state index contributed by atoms with van der Waals surface area (Å²) in [6.07, 6.45) is 2.65. The van der Waals surface area contributed by atoms with Crippen LogP contribution in [0, 0.1) is 12.3 Å². The number of rotatable bonds is 3. The van der Waals surface area contributed by atoms with Gasteiger partial charge in [0.15, 0.2) is 0 Å². The molecule has 2 rings (SSSR count). The highest BCUT2D eigenvalue weighted by atomic mass is 16.1. The Morgan fingerprint density at radius 3 is 2.71 bits per heavy atom. The summed E-state index contributed by atoms with van der Waals surface area (Å²) in [6.45, 7) is 4.01. The molecule has 3 nitrogen and oxygen atoms in total. The number of hydrogen-bond donors (Lipinski definition) is 0. The smallest absolute Gasteiger partial charge is 0.144 e. The van der Waals surface area contributed by atoms with Crippen LogP contribution >= 0.6 is 0 Å². The fourth-order valence-corrected chi connectivity index (χ4v) is 1.67. The third kappa shape index (κ3) is 1.59. The van der Waals surface area contributed by atoms with Crippen molar-refractivity contribution in [1.29, 1.82) is 0 Å². The Labute approximate surface area is 84.1 Å². The zero-order chi connectivity index (χ0) is 10.3. The minimum atomic E-state index is -0.0157. The summed E-state index contributed by atoms with van der Waals surface area (Å²) in [5.74, 6) is 0.362. The van der Waals surface area contributed by atoms with Gasteiger partial charge in [0.25, 0.3) is 0 Å². The Morgan fingerprint density at radius 2 is 2.29 bits per heavy atom. The highest BCUT2D eigenvalue weighted by molar-refractivity contribution is 5.88. The molecule has 0 saturated heterocycles. The number of ketones is 1. The van der Waals surface area contributed by atoms with E-state index in [1.165, 1.54) is 0 Å². The number of aromatic nitrogens is 2. The van der Waals surface area contributed by atoms with E-state index < -0.39 is 0 Å². The average molecular weight is 192 g/mol. The summed E-state index contributed by atoms with van der Waals surface area (Å²) < 4.78 is 1.80. The zero-order valence-corrected chi connectivity index (χ0v) is 9.00. The molecule has 1 aliphatic rings. The predicted octanol–water partition coefficient (Wildman–Crippen LogP) is 1.64. The molecule has 0 bridgehead atoms. The molecule has 0 amide bonds. The largest absolute Gasteiger partial charge is 0.299 e. The van der Waals surface area contributed by atoms with E-state index in [1.54, 1.807) is 4.68 Å². The first-order valence-electron chi connectivity index (χ1n) is 5.04. The molecule has 0 radical (unpaired) electrons. The maximum atomic E-state index is 11.8. The molecule has 1 aromatic heterocycles. The van der Waals surface area contributed by atoms with Gasteiger partial charge in [-0.25, -0.2) is 0 Å². The van der Waals surface area contributed by atoms with E-state index in [4.69, 9.17) is 0 Å². The fraction of sp³-hybridized carbons (Fsp3) is 0.636. The third-order valence-corrected chi connectivity index (χ3v) is 3.11. The van der Waals surface area contributed by atoms with Crippen LogP contribution in [-0.4, -0.2) is 15.6 Å². The molecule has 0 N–H and O–H groups in total. The highest BCUT2D eigenvalue weighted by Gasteiger charge is 2.44. The minimum absolute atomic E-state index is 0.0157. The van der Waals surface area contributed by atoms with Crippen molar-refractivity contribution in [3.05, 3.63) is 17.5 Å². The average Bonchev–Trinajstić information content (AvgIpc) is 2.76. The van der Waals surface area contributed by atoms with Gasteiger partial charge < -0.3 is 0 Å². The summed E-state index contributed by atoms with van der Waals surface area (Å²) in [5.41, 5.74) is 2.00. The van der Waals surface area contributed by atoms with E-state index in [0.717, 1.165) is 24.2 Å². The van der Waals surface area contributed by atoms with Gasteiger partial charge in [-0.1, -0.05) is 6.92 Å². The molecule has 1 aliphatic carbocycles. The Kier molecular flexibility index (Phi) is 1.98. The molecule has 0 aromatic carbocycles. The molecule has 0 unspecified atom stereocenters. The second kappa shape index (κ2) is 2.94. The maximum absolute atomic E-state index is 11.8. The van der Waals surface area contributed by atoms with Crippen LogP contribution in [0.2, 0.25) is 0 Å². The SMILES string of the molecule is Cc1cc(CC(=O)C2(C)CC2)n(C)n1.